The first-order chi connectivity index (χ1) is 14.0. The van der Waals surface area contributed by atoms with E-state index >= 15 is 0 Å². The van der Waals surface area contributed by atoms with Crippen LogP contribution >= 0.6 is 11.6 Å². The lowest BCUT2D eigenvalue weighted by molar-refractivity contribution is -0.129. The van der Waals surface area contributed by atoms with Gasteiger partial charge in [0.15, 0.2) is 6.61 Å². The molecule has 2 aromatic carbocycles. The molecule has 0 atom stereocenters. The number of rotatable bonds is 6. The zero-order valence-electron chi connectivity index (χ0n) is 16.8. The summed E-state index contributed by atoms with van der Waals surface area (Å²) in [6.45, 7) is 6.43. The Kier molecular flexibility index (Phi) is 6.99. The van der Waals surface area contributed by atoms with E-state index in [4.69, 9.17) is 16.3 Å². The number of anilines is 2. The van der Waals surface area contributed by atoms with Gasteiger partial charge in [0.1, 0.15) is 5.75 Å². The van der Waals surface area contributed by atoms with E-state index in [-0.39, 0.29) is 18.4 Å². The molecule has 0 radical (unpaired) electrons. The second-order valence-corrected chi connectivity index (χ2v) is 7.40. The van der Waals surface area contributed by atoms with Crippen molar-refractivity contribution in [3.8, 4) is 5.75 Å². The molecular formula is C22H26ClN3O3. The number of amides is 2. The summed E-state index contributed by atoms with van der Waals surface area (Å²) < 4.78 is 5.53. The van der Waals surface area contributed by atoms with Gasteiger partial charge < -0.3 is 19.9 Å². The fourth-order valence-electron chi connectivity index (χ4n) is 3.27. The molecule has 1 heterocycles. The number of halogens is 1. The van der Waals surface area contributed by atoms with Crippen molar-refractivity contribution >= 4 is 34.8 Å². The van der Waals surface area contributed by atoms with Gasteiger partial charge in [-0.05, 0) is 42.3 Å². The van der Waals surface area contributed by atoms with Gasteiger partial charge in [-0.3, -0.25) is 9.59 Å². The molecule has 3 rings (SSSR count). The molecule has 0 aliphatic carbocycles. The Morgan fingerprint density at radius 1 is 1.07 bits per heavy atom. The average Bonchev–Trinajstić information content (AvgIpc) is 2.73. The number of hydrogen-bond acceptors (Lipinski definition) is 4. The van der Waals surface area contributed by atoms with Gasteiger partial charge in [0, 0.05) is 38.8 Å². The Bertz CT molecular complexity index is 862. The molecular weight excluding hydrogens is 390 g/mol. The lowest BCUT2D eigenvalue weighted by Gasteiger charge is -2.36. The highest BCUT2D eigenvalue weighted by Crippen LogP contribution is 2.29. The number of benzene rings is 2. The Morgan fingerprint density at radius 2 is 1.76 bits per heavy atom. The third kappa shape index (κ3) is 5.64. The van der Waals surface area contributed by atoms with Gasteiger partial charge in [-0.1, -0.05) is 30.7 Å². The Balaban J connectivity index is 1.53. The van der Waals surface area contributed by atoms with Crippen LogP contribution in [0, 0.1) is 0 Å². The molecule has 1 N–H and O–H groups in total. The van der Waals surface area contributed by atoms with Gasteiger partial charge in [-0.15, -0.1) is 0 Å². The zero-order chi connectivity index (χ0) is 20.8. The minimum atomic E-state index is -0.247. The Morgan fingerprint density at radius 3 is 2.34 bits per heavy atom. The highest BCUT2D eigenvalue weighted by molar-refractivity contribution is 6.33. The summed E-state index contributed by atoms with van der Waals surface area (Å²) in [5, 5.41) is 3.37. The van der Waals surface area contributed by atoms with E-state index in [0.29, 0.717) is 29.5 Å². The molecule has 2 amide bonds. The minimum Gasteiger partial charge on any atom is -0.484 e. The van der Waals surface area contributed by atoms with Crippen LogP contribution in [0.25, 0.3) is 0 Å². The van der Waals surface area contributed by atoms with Gasteiger partial charge >= 0.3 is 0 Å². The molecule has 1 fully saturated rings. The molecule has 0 unspecified atom stereocenters. The number of aryl methyl sites for hydroxylation is 1. The number of piperazine rings is 1. The highest BCUT2D eigenvalue weighted by Gasteiger charge is 2.20. The molecule has 2 aromatic rings. The smallest absolute Gasteiger partial charge is 0.262 e. The van der Waals surface area contributed by atoms with Crippen LogP contribution in [-0.2, 0) is 16.0 Å². The van der Waals surface area contributed by atoms with Crippen molar-refractivity contribution in [3.63, 3.8) is 0 Å². The Labute approximate surface area is 176 Å². The Hall–Kier alpha value is -2.73. The quantitative estimate of drug-likeness (QED) is 0.783. The van der Waals surface area contributed by atoms with Crippen LogP contribution in [0.15, 0.2) is 42.5 Å². The van der Waals surface area contributed by atoms with E-state index in [0.717, 1.165) is 25.2 Å². The second kappa shape index (κ2) is 9.65. The average molecular weight is 416 g/mol. The highest BCUT2D eigenvalue weighted by atomic mass is 35.5. The van der Waals surface area contributed by atoms with Crippen molar-refractivity contribution in [2.24, 2.45) is 0 Å². The summed E-state index contributed by atoms with van der Waals surface area (Å²) in [6, 6.07) is 13.2. The van der Waals surface area contributed by atoms with Crippen molar-refractivity contribution in [2.45, 2.75) is 20.3 Å². The van der Waals surface area contributed by atoms with Gasteiger partial charge in [0.25, 0.3) is 5.91 Å². The number of nitrogens with one attached hydrogen (secondary N) is 1. The standard InChI is InChI=1S/C22H26ClN3O3/c1-3-17-4-7-19(8-5-17)29-15-22(28)24-18-6-9-21(20(23)14-18)26-12-10-25(11-13-26)16(2)27/h4-9,14H,3,10-13,15H2,1-2H3,(H,24,28). The summed E-state index contributed by atoms with van der Waals surface area (Å²) in [7, 11) is 0. The van der Waals surface area contributed by atoms with Crippen LogP contribution in [0.3, 0.4) is 0 Å². The normalized spacial score (nSPS) is 13.9. The summed E-state index contributed by atoms with van der Waals surface area (Å²) in [6.07, 6.45) is 0.962. The van der Waals surface area contributed by atoms with Crippen molar-refractivity contribution in [1.82, 2.24) is 4.90 Å². The van der Waals surface area contributed by atoms with Crippen LogP contribution in [0.1, 0.15) is 19.4 Å². The maximum Gasteiger partial charge on any atom is 0.262 e. The summed E-state index contributed by atoms with van der Waals surface area (Å²) >= 11 is 6.44. The molecule has 154 valence electrons. The van der Waals surface area contributed by atoms with Crippen molar-refractivity contribution in [3.05, 3.63) is 53.1 Å². The van der Waals surface area contributed by atoms with E-state index in [1.165, 1.54) is 5.56 Å². The SMILES string of the molecule is CCc1ccc(OCC(=O)Nc2ccc(N3CCN(C(C)=O)CC3)c(Cl)c2)cc1. The largest absolute Gasteiger partial charge is 0.484 e. The summed E-state index contributed by atoms with van der Waals surface area (Å²) in [5.41, 5.74) is 2.75. The fourth-order valence-corrected chi connectivity index (χ4v) is 3.57. The molecule has 29 heavy (non-hydrogen) atoms. The predicted octanol–water partition coefficient (Wildman–Crippen LogP) is 3.59. The third-order valence-corrected chi connectivity index (χ3v) is 5.30. The van der Waals surface area contributed by atoms with E-state index in [1.54, 1.807) is 13.0 Å². The maximum atomic E-state index is 12.2. The minimum absolute atomic E-state index is 0.0716. The monoisotopic (exact) mass is 415 g/mol. The number of nitrogens with zero attached hydrogens (tertiary/aromatic N) is 2. The lowest BCUT2D eigenvalue weighted by Crippen LogP contribution is -2.48. The molecule has 1 saturated heterocycles. The molecule has 1 aliphatic heterocycles. The lowest BCUT2D eigenvalue weighted by atomic mass is 10.2. The van der Waals surface area contributed by atoms with Crippen LogP contribution in [0.4, 0.5) is 11.4 Å². The van der Waals surface area contributed by atoms with Crippen LogP contribution in [0.2, 0.25) is 5.02 Å². The molecule has 0 bridgehead atoms. The van der Waals surface area contributed by atoms with Gasteiger partial charge in [0.2, 0.25) is 5.91 Å². The topological polar surface area (TPSA) is 61.9 Å². The molecule has 1 aliphatic rings. The van der Waals surface area contributed by atoms with Crippen molar-refractivity contribution < 1.29 is 14.3 Å². The summed E-state index contributed by atoms with van der Waals surface area (Å²) in [5.74, 6) is 0.510. The van der Waals surface area contributed by atoms with Crippen LogP contribution in [0.5, 0.6) is 5.75 Å². The molecule has 0 spiro atoms. The number of carbonyl (C=O) groups excluding carboxylic acids is 2. The zero-order valence-corrected chi connectivity index (χ0v) is 17.5. The van der Waals surface area contributed by atoms with Crippen molar-refractivity contribution in [1.29, 1.82) is 0 Å². The number of hydrogen-bond donors (Lipinski definition) is 1. The van der Waals surface area contributed by atoms with E-state index in [9.17, 15) is 9.59 Å². The van der Waals surface area contributed by atoms with Gasteiger partial charge in [-0.2, -0.15) is 0 Å². The number of ether oxygens (including phenoxy) is 1. The molecule has 6 nitrogen and oxygen atoms in total. The number of carbonyl (C=O) groups is 2. The molecule has 0 aromatic heterocycles. The van der Waals surface area contributed by atoms with Gasteiger partial charge in [-0.25, -0.2) is 0 Å². The fraction of sp³-hybridized carbons (Fsp3) is 0.364. The molecule has 0 saturated carbocycles. The first-order valence-corrected chi connectivity index (χ1v) is 10.2. The van der Waals surface area contributed by atoms with E-state index in [1.807, 2.05) is 41.3 Å². The third-order valence-electron chi connectivity index (χ3n) is 5.00. The second-order valence-electron chi connectivity index (χ2n) is 6.99. The maximum absolute atomic E-state index is 12.2. The summed E-state index contributed by atoms with van der Waals surface area (Å²) in [4.78, 5) is 27.6. The first kappa shape index (κ1) is 21.0. The van der Waals surface area contributed by atoms with Crippen molar-refractivity contribution in [2.75, 3.05) is 43.0 Å². The van der Waals surface area contributed by atoms with Gasteiger partial charge in [0.05, 0.1) is 10.7 Å². The predicted molar refractivity (Wildman–Crippen MR) is 116 cm³/mol. The van der Waals surface area contributed by atoms with Crippen LogP contribution in [-0.4, -0.2) is 49.5 Å². The molecule has 7 heteroatoms. The first-order valence-electron chi connectivity index (χ1n) is 9.78. The van der Waals surface area contributed by atoms with E-state index < -0.39 is 0 Å². The van der Waals surface area contributed by atoms with E-state index in [2.05, 4.69) is 17.1 Å². The van der Waals surface area contributed by atoms with Crippen LogP contribution < -0.4 is 15.0 Å².